The Balaban J connectivity index is 4.58. The van der Waals surface area contributed by atoms with Crippen LogP contribution in [0.3, 0.4) is 0 Å². The summed E-state index contributed by atoms with van der Waals surface area (Å²) in [5.74, 6) is -1.17. The molecular weight excluding hydrogens is 252 g/mol. The average molecular weight is 272 g/mol. The zero-order valence-corrected chi connectivity index (χ0v) is 11.6. The second-order valence-electron chi connectivity index (χ2n) is 5.32. The first-order valence-electron chi connectivity index (χ1n) is 5.86. The van der Waals surface area contributed by atoms with Crippen molar-refractivity contribution >= 4 is 12.1 Å². The molecule has 1 amide bonds. The quantitative estimate of drug-likeness (QED) is 0.333. The predicted octanol–water partition coefficient (Wildman–Crippen LogP) is 2.44. The zero-order chi connectivity index (χ0) is 15.1. The number of hydrogen-bond donors (Lipinski definition) is 2. The molecule has 2 N–H and O–H groups in total. The standard InChI is InChI=1S/C11H20N4O4/c1-10(2,3)19-9(18)14-11(4,8(16)17)6-5-7-13-15-12/h5-7H2,1-4H3,(H,14,18)(H,16,17). The van der Waals surface area contributed by atoms with E-state index in [9.17, 15) is 9.59 Å². The molecule has 108 valence electrons. The van der Waals surface area contributed by atoms with Gasteiger partial charge in [-0.25, -0.2) is 9.59 Å². The minimum Gasteiger partial charge on any atom is -0.480 e. The Morgan fingerprint density at radius 3 is 2.37 bits per heavy atom. The molecule has 8 nitrogen and oxygen atoms in total. The van der Waals surface area contributed by atoms with E-state index in [4.69, 9.17) is 15.4 Å². The van der Waals surface area contributed by atoms with E-state index in [-0.39, 0.29) is 13.0 Å². The largest absolute Gasteiger partial charge is 0.480 e. The van der Waals surface area contributed by atoms with Crippen molar-refractivity contribution in [2.24, 2.45) is 5.11 Å². The highest BCUT2D eigenvalue weighted by atomic mass is 16.6. The summed E-state index contributed by atoms with van der Waals surface area (Å²) in [6.07, 6.45) is -0.301. The highest BCUT2D eigenvalue weighted by Crippen LogP contribution is 2.15. The lowest BCUT2D eigenvalue weighted by Gasteiger charge is -2.28. The van der Waals surface area contributed by atoms with E-state index in [1.807, 2.05) is 0 Å². The molecule has 0 aromatic carbocycles. The lowest BCUT2D eigenvalue weighted by molar-refractivity contribution is -0.144. The smallest absolute Gasteiger partial charge is 0.408 e. The number of rotatable bonds is 6. The van der Waals surface area contributed by atoms with Gasteiger partial charge in [0, 0.05) is 11.5 Å². The molecule has 1 unspecified atom stereocenters. The second-order valence-corrected chi connectivity index (χ2v) is 5.32. The maximum Gasteiger partial charge on any atom is 0.408 e. The van der Waals surface area contributed by atoms with E-state index in [1.165, 1.54) is 6.92 Å². The summed E-state index contributed by atoms with van der Waals surface area (Å²) in [5, 5.41) is 14.8. The van der Waals surface area contributed by atoms with Crippen LogP contribution >= 0.6 is 0 Å². The molecule has 0 rings (SSSR count). The normalized spacial score (nSPS) is 13.9. The fourth-order valence-electron chi connectivity index (χ4n) is 1.30. The molecule has 0 aliphatic heterocycles. The Hall–Kier alpha value is -1.95. The van der Waals surface area contributed by atoms with Crippen LogP contribution in [0.25, 0.3) is 10.4 Å². The van der Waals surface area contributed by atoms with Crippen LogP contribution in [0.2, 0.25) is 0 Å². The highest BCUT2D eigenvalue weighted by molar-refractivity contribution is 5.83. The number of aliphatic carboxylic acids is 1. The van der Waals surface area contributed by atoms with E-state index in [1.54, 1.807) is 20.8 Å². The highest BCUT2D eigenvalue weighted by Gasteiger charge is 2.35. The number of carboxylic acids is 1. The molecule has 0 aromatic rings. The van der Waals surface area contributed by atoms with E-state index >= 15 is 0 Å². The molecule has 0 radical (unpaired) electrons. The summed E-state index contributed by atoms with van der Waals surface area (Å²) < 4.78 is 5.02. The molecule has 1 atom stereocenters. The van der Waals surface area contributed by atoms with Crippen molar-refractivity contribution < 1.29 is 19.4 Å². The molecule has 19 heavy (non-hydrogen) atoms. The summed E-state index contributed by atoms with van der Waals surface area (Å²) in [5.41, 5.74) is 5.98. The number of azide groups is 1. The van der Waals surface area contributed by atoms with E-state index in [0.29, 0.717) is 6.42 Å². The number of carbonyl (C=O) groups excluding carboxylic acids is 1. The van der Waals surface area contributed by atoms with Gasteiger partial charge in [-0.05, 0) is 46.1 Å². The molecular formula is C11H20N4O4. The molecule has 0 saturated heterocycles. The maximum absolute atomic E-state index is 11.6. The van der Waals surface area contributed by atoms with Gasteiger partial charge in [0.2, 0.25) is 0 Å². The SMILES string of the molecule is CC(C)(C)OC(=O)NC(C)(CCCN=[N+]=[N-])C(=O)O. The van der Waals surface area contributed by atoms with Gasteiger partial charge in [-0.3, -0.25) is 0 Å². The van der Waals surface area contributed by atoms with Gasteiger partial charge in [-0.15, -0.1) is 0 Å². The molecule has 0 aliphatic rings. The first-order chi connectivity index (χ1) is 8.60. The van der Waals surface area contributed by atoms with Crippen molar-refractivity contribution in [2.75, 3.05) is 6.54 Å². The molecule has 0 spiro atoms. The Bertz CT molecular complexity index is 385. The van der Waals surface area contributed by atoms with Gasteiger partial charge < -0.3 is 15.2 Å². The second kappa shape index (κ2) is 6.84. The number of nitrogens with zero attached hydrogens (tertiary/aromatic N) is 3. The lowest BCUT2D eigenvalue weighted by atomic mass is 9.96. The summed E-state index contributed by atoms with van der Waals surface area (Å²) in [6.45, 7) is 6.62. The average Bonchev–Trinajstić information content (AvgIpc) is 2.21. The van der Waals surface area contributed by atoms with E-state index < -0.39 is 23.2 Å². The minimum atomic E-state index is -1.45. The van der Waals surface area contributed by atoms with Gasteiger partial charge in [0.15, 0.2) is 0 Å². The molecule has 8 heteroatoms. The first kappa shape index (κ1) is 17.1. The van der Waals surface area contributed by atoms with Crippen molar-refractivity contribution in [3.8, 4) is 0 Å². The topological polar surface area (TPSA) is 124 Å². The van der Waals surface area contributed by atoms with Crippen LogP contribution in [0.4, 0.5) is 4.79 Å². The van der Waals surface area contributed by atoms with Crippen LogP contribution in [0.5, 0.6) is 0 Å². The number of nitrogens with one attached hydrogen (secondary N) is 1. The predicted molar refractivity (Wildman–Crippen MR) is 68.7 cm³/mol. The van der Waals surface area contributed by atoms with Crippen molar-refractivity contribution in [2.45, 2.75) is 51.7 Å². The number of carboxylic acid groups (broad SMARTS) is 1. The number of ether oxygens (including phenoxy) is 1. The molecule has 0 bridgehead atoms. The monoisotopic (exact) mass is 272 g/mol. The number of amides is 1. The molecule has 0 aromatic heterocycles. The van der Waals surface area contributed by atoms with Crippen LogP contribution in [0.15, 0.2) is 5.11 Å². The van der Waals surface area contributed by atoms with Crippen molar-refractivity contribution in [1.82, 2.24) is 5.32 Å². The van der Waals surface area contributed by atoms with Gasteiger partial charge in [0.1, 0.15) is 11.1 Å². The Morgan fingerprint density at radius 1 is 1.37 bits per heavy atom. The maximum atomic E-state index is 11.6. The fraction of sp³-hybridized carbons (Fsp3) is 0.818. The Morgan fingerprint density at radius 2 is 1.95 bits per heavy atom. The minimum absolute atomic E-state index is 0.139. The molecule has 0 aliphatic carbocycles. The lowest BCUT2D eigenvalue weighted by Crippen LogP contribution is -2.53. The third-order valence-electron chi connectivity index (χ3n) is 2.25. The third kappa shape index (κ3) is 7.15. The van der Waals surface area contributed by atoms with Gasteiger partial charge in [-0.1, -0.05) is 5.11 Å². The van der Waals surface area contributed by atoms with Crippen molar-refractivity contribution in [3.05, 3.63) is 10.4 Å². The van der Waals surface area contributed by atoms with Gasteiger partial charge in [0.05, 0.1) is 0 Å². The van der Waals surface area contributed by atoms with Gasteiger partial charge >= 0.3 is 12.1 Å². The van der Waals surface area contributed by atoms with Crippen LogP contribution in [-0.4, -0.2) is 34.9 Å². The zero-order valence-electron chi connectivity index (χ0n) is 11.6. The Kier molecular flexibility index (Phi) is 6.14. The number of alkyl carbamates (subject to hydrolysis) is 1. The van der Waals surface area contributed by atoms with Crippen molar-refractivity contribution in [1.29, 1.82) is 0 Å². The summed E-state index contributed by atoms with van der Waals surface area (Å²) in [6, 6.07) is 0. The van der Waals surface area contributed by atoms with E-state index in [2.05, 4.69) is 15.3 Å². The summed E-state index contributed by atoms with van der Waals surface area (Å²) >= 11 is 0. The molecule has 0 heterocycles. The van der Waals surface area contributed by atoms with Crippen LogP contribution in [0.1, 0.15) is 40.5 Å². The van der Waals surface area contributed by atoms with Crippen LogP contribution in [0, 0.1) is 0 Å². The summed E-state index contributed by atoms with van der Waals surface area (Å²) in [4.78, 5) is 25.4. The van der Waals surface area contributed by atoms with Crippen molar-refractivity contribution in [3.63, 3.8) is 0 Å². The fourth-order valence-corrected chi connectivity index (χ4v) is 1.30. The molecule has 0 fully saturated rings. The number of hydrogen-bond acceptors (Lipinski definition) is 4. The van der Waals surface area contributed by atoms with E-state index in [0.717, 1.165) is 0 Å². The van der Waals surface area contributed by atoms with Gasteiger partial charge in [-0.2, -0.15) is 0 Å². The third-order valence-corrected chi connectivity index (χ3v) is 2.25. The van der Waals surface area contributed by atoms with Crippen LogP contribution < -0.4 is 5.32 Å². The van der Waals surface area contributed by atoms with Crippen LogP contribution in [-0.2, 0) is 9.53 Å². The Labute approximate surface area is 111 Å². The number of carbonyl (C=O) groups is 2. The molecule has 0 saturated carbocycles. The van der Waals surface area contributed by atoms with Gasteiger partial charge in [0.25, 0.3) is 0 Å². The summed E-state index contributed by atoms with van der Waals surface area (Å²) in [7, 11) is 0. The first-order valence-corrected chi connectivity index (χ1v) is 5.86.